The Morgan fingerprint density at radius 3 is 2.40 bits per heavy atom. The topological polar surface area (TPSA) is 58.6 Å². The highest BCUT2D eigenvalue weighted by Gasteiger charge is 2.61. The van der Waals surface area contributed by atoms with E-state index in [0.717, 1.165) is 12.1 Å². The molecular weight excluding hydrogens is 275 g/mol. The van der Waals surface area contributed by atoms with Crippen LogP contribution in [0.15, 0.2) is 24.3 Å². The average Bonchev–Trinajstić information content (AvgIpc) is 2.35. The van der Waals surface area contributed by atoms with Gasteiger partial charge in [0.1, 0.15) is 5.75 Å². The van der Waals surface area contributed by atoms with Gasteiger partial charge < -0.3 is 15.2 Å². The molecule has 0 heterocycles. The monoisotopic (exact) mass is 291 g/mol. The van der Waals surface area contributed by atoms with E-state index in [1.807, 2.05) is 0 Å². The number of carbonyl (C=O) groups is 1. The van der Waals surface area contributed by atoms with Crippen LogP contribution in [-0.2, 0) is 10.4 Å². The minimum absolute atomic E-state index is 0.113. The second-order valence-electron chi connectivity index (χ2n) is 4.57. The van der Waals surface area contributed by atoms with Crippen LogP contribution < -0.4 is 10.1 Å². The molecule has 1 atom stereocenters. The van der Waals surface area contributed by atoms with Crippen molar-refractivity contribution < 1.29 is 27.8 Å². The molecule has 2 N–H and O–H groups in total. The quantitative estimate of drug-likeness (QED) is 0.891. The molecule has 0 bridgehead atoms. The Morgan fingerprint density at radius 2 is 1.95 bits per heavy atom. The van der Waals surface area contributed by atoms with Crippen molar-refractivity contribution in [2.45, 2.75) is 31.7 Å². The molecule has 1 rings (SSSR count). The highest BCUT2D eigenvalue weighted by molar-refractivity contribution is 5.87. The number of halogens is 3. The summed E-state index contributed by atoms with van der Waals surface area (Å²) in [5, 5.41) is 12.0. The lowest BCUT2D eigenvalue weighted by Gasteiger charge is -2.30. The van der Waals surface area contributed by atoms with Gasteiger partial charge in [0.25, 0.3) is 11.5 Å². The zero-order valence-electron chi connectivity index (χ0n) is 11.3. The fourth-order valence-corrected chi connectivity index (χ4v) is 1.64. The Hall–Kier alpha value is -1.76. The summed E-state index contributed by atoms with van der Waals surface area (Å²) in [6.07, 6.45) is -5.15. The number of alkyl halides is 3. The number of hydrogen-bond acceptors (Lipinski definition) is 3. The number of hydrogen-bond donors (Lipinski definition) is 2. The summed E-state index contributed by atoms with van der Waals surface area (Å²) in [5.74, 6) is -1.41. The molecule has 0 aliphatic carbocycles. The number of aliphatic hydroxyl groups is 1. The molecule has 0 saturated heterocycles. The number of methoxy groups -OCH3 is 1. The van der Waals surface area contributed by atoms with Gasteiger partial charge in [-0.1, -0.05) is 12.1 Å². The lowest BCUT2D eigenvalue weighted by Crippen LogP contribution is -2.55. The van der Waals surface area contributed by atoms with Crippen molar-refractivity contribution in [2.75, 3.05) is 7.11 Å². The normalized spacial score (nSPS) is 14.8. The highest BCUT2D eigenvalue weighted by atomic mass is 19.4. The zero-order valence-corrected chi connectivity index (χ0v) is 11.3. The van der Waals surface area contributed by atoms with Crippen molar-refractivity contribution in [3.05, 3.63) is 29.8 Å². The van der Waals surface area contributed by atoms with E-state index in [2.05, 4.69) is 5.32 Å². The SMILES string of the molecule is COc1cccc(C(O)(C(=O)NC(C)C)C(F)(F)F)c1. The smallest absolute Gasteiger partial charge is 0.430 e. The van der Waals surface area contributed by atoms with Gasteiger partial charge in [0.2, 0.25) is 0 Å². The maximum absolute atomic E-state index is 13.2. The first-order valence-electron chi connectivity index (χ1n) is 5.87. The summed E-state index contributed by atoms with van der Waals surface area (Å²) in [4.78, 5) is 11.8. The van der Waals surface area contributed by atoms with E-state index >= 15 is 0 Å². The third kappa shape index (κ3) is 3.04. The van der Waals surface area contributed by atoms with Gasteiger partial charge in [0.05, 0.1) is 7.11 Å². The van der Waals surface area contributed by atoms with E-state index in [9.17, 15) is 23.1 Å². The molecule has 1 aromatic carbocycles. The van der Waals surface area contributed by atoms with E-state index < -0.39 is 29.3 Å². The van der Waals surface area contributed by atoms with Gasteiger partial charge in [-0.2, -0.15) is 13.2 Å². The molecule has 1 amide bonds. The van der Waals surface area contributed by atoms with E-state index in [0.29, 0.717) is 0 Å². The van der Waals surface area contributed by atoms with Crippen molar-refractivity contribution >= 4 is 5.91 Å². The molecule has 0 aromatic heterocycles. The molecule has 20 heavy (non-hydrogen) atoms. The predicted molar refractivity (Wildman–Crippen MR) is 66.2 cm³/mol. The summed E-state index contributed by atoms with van der Waals surface area (Å²) in [7, 11) is 1.28. The minimum atomic E-state index is -5.15. The zero-order chi connectivity index (χ0) is 15.6. The molecule has 0 fully saturated rings. The third-order valence-electron chi connectivity index (χ3n) is 2.65. The van der Waals surface area contributed by atoms with Crippen LogP contribution in [0.3, 0.4) is 0 Å². The number of amides is 1. The Kier molecular flexibility index (Phi) is 4.65. The second kappa shape index (κ2) is 5.70. The molecule has 4 nitrogen and oxygen atoms in total. The maximum Gasteiger partial charge on any atom is 0.430 e. The van der Waals surface area contributed by atoms with E-state index in [4.69, 9.17) is 4.74 Å². The highest BCUT2D eigenvalue weighted by Crippen LogP contribution is 2.40. The van der Waals surface area contributed by atoms with Crippen molar-refractivity contribution in [1.82, 2.24) is 5.32 Å². The number of nitrogens with one attached hydrogen (secondary N) is 1. The third-order valence-corrected chi connectivity index (χ3v) is 2.65. The fourth-order valence-electron chi connectivity index (χ4n) is 1.64. The first-order chi connectivity index (χ1) is 9.12. The number of rotatable bonds is 4. The molecule has 0 aliphatic heterocycles. The number of carbonyl (C=O) groups excluding carboxylic acids is 1. The molecule has 0 saturated carbocycles. The van der Waals surface area contributed by atoms with Crippen molar-refractivity contribution in [3.63, 3.8) is 0 Å². The van der Waals surface area contributed by atoms with Crippen LogP contribution in [0.2, 0.25) is 0 Å². The maximum atomic E-state index is 13.2. The molecular formula is C13H16F3NO3. The fraction of sp³-hybridized carbons (Fsp3) is 0.462. The summed E-state index contributed by atoms with van der Waals surface area (Å²) >= 11 is 0. The van der Waals surface area contributed by atoms with Gasteiger partial charge in [-0.15, -0.1) is 0 Å². The Morgan fingerprint density at radius 1 is 1.35 bits per heavy atom. The average molecular weight is 291 g/mol. The van der Waals surface area contributed by atoms with Gasteiger partial charge in [-0.25, -0.2) is 0 Å². The minimum Gasteiger partial charge on any atom is -0.497 e. The molecule has 1 unspecified atom stereocenters. The van der Waals surface area contributed by atoms with Crippen LogP contribution in [0.25, 0.3) is 0 Å². The van der Waals surface area contributed by atoms with E-state index in [1.54, 1.807) is 0 Å². The number of benzene rings is 1. The van der Waals surface area contributed by atoms with Crippen LogP contribution in [0, 0.1) is 0 Å². The van der Waals surface area contributed by atoms with Crippen molar-refractivity contribution in [3.8, 4) is 5.75 Å². The van der Waals surface area contributed by atoms with Crippen molar-refractivity contribution in [1.29, 1.82) is 0 Å². The van der Waals surface area contributed by atoms with Gasteiger partial charge in [0, 0.05) is 11.6 Å². The largest absolute Gasteiger partial charge is 0.497 e. The van der Waals surface area contributed by atoms with Crippen LogP contribution >= 0.6 is 0 Å². The predicted octanol–water partition coefficient (Wildman–Crippen LogP) is 1.97. The molecule has 0 spiro atoms. The van der Waals surface area contributed by atoms with Gasteiger partial charge in [0.15, 0.2) is 0 Å². The summed E-state index contributed by atoms with van der Waals surface area (Å²) in [6, 6.07) is 4.15. The molecule has 0 radical (unpaired) electrons. The molecule has 7 heteroatoms. The van der Waals surface area contributed by atoms with Gasteiger partial charge >= 0.3 is 6.18 Å². The molecule has 0 aliphatic rings. The summed E-state index contributed by atoms with van der Waals surface area (Å²) in [5.41, 5.74) is -4.21. The second-order valence-corrected chi connectivity index (χ2v) is 4.57. The van der Waals surface area contributed by atoms with Crippen LogP contribution in [0.4, 0.5) is 13.2 Å². The van der Waals surface area contributed by atoms with E-state index in [1.165, 1.54) is 33.1 Å². The summed E-state index contributed by atoms with van der Waals surface area (Å²) < 4.78 is 44.3. The molecule has 1 aromatic rings. The Bertz CT molecular complexity index is 488. The first-order valence-corrected chi connectivity index (χ1v) is 5.87. The lowest BCUT2D eigenvalue weighted by atomic mass is 9.91. The standard InChI is InChI=1S/C13H16F3NO3/c1-8(2)17-11(18)12(19,13(14,15)16)9-5-4-6-10(7-9)20-3/h4-8,19H,1-3H3,(H,17,18). The van der Waals surface area contributed by atoms with Gasteiger partial charge in [-0.3, -0.25) is 4.79 Å². The van der Waals surface area contributed by atoms with Crippen molar-refractivity contribution in [2.24, 2.45) is 0 Å². The number of ether oxygens (including phenoxy) is 1. The Labute approximate surface area is 114 Å². The summed E-state index contributed by atoms with van der Waals surface area (Å²) in [6.45, 7) is 3.00. The van der Waals surface area contributed by atoms with Crippen LogP contribution in [0.1, 0.15) is 19.4 Å². The van der Waals surface area contributed by atoms with Gasteiger partial charge in [-0.05, 0) is 26.0 Å². The Balaban J connectivity index is 3.34. The van der Waals surface area contributed by atoms with Crippen LogP contribution in [0.5, 0.6) is 5.75 Å². The lowest BCUT2D eigenvalue weighted by molar-refractivity contribution is -0.257. The first kappa shape index (κ1) is 16.3. The van der Waals surface area contributed by atoms with E-state index in [-0.39, 0.29) is 5.75 Å². The molecule has 112 valence electrons. The van der Waals surface area contributed by atoms with Crippen LogP contribution in [-0.4, -0.2) is 30.3 Å².